The van der Waals surface area contributed by atoms with Gasteiger partial charge in [-0.15, -0.1) is 0 Å². The van der Waals surface area contributed by atoms with Crippen LogP contribution >= 0.6 is 0 Å². The number of rotatable bonds is 3. The minimum Gasteiger partial charge on any atom is -0.381 e. The van der Waals surface area contributed by atoms with Gasteiger partial charge in [0.2, 0.25) is 0 Å². The second kappa shape index (κ2) is 5.12. The number of hydrogen-bond donors (Lipinski definition) is 2. The first-order chi connectivity index (χ1) is 7.40. The van der Waals surface area contributed by atoms with Gasteiger partial charge in [0, 0.05) is 12.2 Å². The number of hydrogen-bond acceptors (Lipinski definition) is 3. The number of aromatic nitrogens is 1. The maximum atomic E-state index is 4.38. The number of piperidine rings is 1. The Morgan fingerprint density at radius 1 is 1.47 bits per heavy atom. The summed E-state index contributed by atoms with van der Waals surface area (Å²) in [6.07, 6.45) is 5.27. The Kier molecular flexibility index (Phi) is 3.56. The van der Waals surface area contributed by atoms with Crippen LogP contribution in [-0.2, 0) is 6.42 Å². The average molecular weight is 205 g/mol. The zero-order valence-electron chi connectivity index (χ0n) is 9.29. The van der Waals surface area contributed by atoms with E-state index in [2.05, 4.69) is 28.6 Å². The predicted molar refractivity (Wildman–Crippen MR) is 63.1 cm³/mol. The first-order valence-electron chi connectivity index (χ1n) is 5.81. The first-order valence-corrected chi connectivity index (χ1v) is 5.81. The molecule has 1 aliphatic rings. The molecular weight excluding hydrogens is 186 g/mol. The highest BCUT2D eigenvalue weighted by Gasteiger charge is 2.13. The Balaban J connectivity index is 2.02. The van der Waals surface area contributed by atoms with E-state index >= 15 is 0 Å². The average Bonchev–Trinajstić information content (AvgIpc) is 2.31. The van der Waals surface area contributed by atoms with Crippen molar-refractivity contribution >= 4 is 5.69 Å². The summed E-state index contributed by atoms with van der Waals surface area (Å²) in [5, 5.41) is 6.97. The molecule has 0 aliphatic carbocycles. The van der Waals surface area contributed by atoms with Gasteiger partial charge < -0.3 is 10.6 Å². The SMILES string of the molecule is CCc1ncccc1NC1CCNCC1. The molecule has 0 atom stereocenters. The zero-order chi connectivity index (χ0) is 10.5. The lowest BCUT2D eigenvalue weighted by molar-refractivity contribution is 0.479. The molecule has 2 N–H and O–H groups in total. The monoisotopic (exact) mass is 205 g/mol. The lowest BCUT2D eigenvalue weighted by Gasteiger charge is -2.25. The molecule has 0 bridgehead atoms. The van der Waals surface area contributed by atoms with Gasteiger partial charge in [0.05, 0.1) is 11.4 Å². The molecule has 0 saturated carbocycles. The van der Waals surface area contributed by atoms with E-state index in [1.807, 2.05) is 12.3 Å². The van der Waals surface area contributed by atoms with Gasteiger partial charge in [-0.05, 0) is 44.5 Å². The van der Waals surface area contributed by atoms with Crippen LogP contribution in [0.2, 0.25) is 0 Å². The van der Waals surface area contributed by atoms with Crippen molar-refractivity contribution in [1.82, 2.24) is 10.3 Å². The Bertz CT molecular complexity index is 305. The lowest BCUT2D eigenvalue weighted by atomic mass is 10.1. The molecule has 1 saturated heterocycles. The number of aryl methyl sites for hydroxylation is 1. The van der Waals surface area contributed by atoms with Gasteiger partial charge in [0.1, 0.15) is 0 Å². The molecule has 1 fully saturated rings. The van der Waals surface area contributed by atoms with Gasteiger partial charge in [-0.25, -0.2) is 0 Å². The Labute approximate surface area is 91.3 Å². The number of nitrogens with zero attached hydrogens (tertiary/aromatic N) is 1. The first kappa shape index (κ1) is 10.4. The van der Waals surface area contributed by atoms with E-state index in [-0.39, 0.29) is 0 Å². The minimum atomic E-state index is 0.612. The van der Waals surface area contributed by atoms with Crippen LogP contribution in [0.15, 0.2) is 18.3 Å². The van der Waals surface area contributed by atoms with Gasteiger partial charge in [-0.1, -0.05) is 6.92 Å². The molecule has 1 aromatic heterocycles. The van der Waals surface area contributed by atoms with E-state index < -0.39 is 0 Å². The van der Waals surface area contributed by atoms with Crippen molar-refractivity contribution in [3.05, 3.63) is 24.0 Å². The molecule has 0 radical (unpaired) electrons. The molecule has 15 heavy (non-hydrogen) atoms. The van der Waals surface area contributed by atoms with Gasteiger partial charge >= 0.3 is 0 Å². The van der Waals surface area contributed by atoms with Gasteiger partial charge in [-0.3, -0.25) is 4.98 Å². The molecule has 0 spiro atoms. The van der Waals surface area contributed by atoms with Crippen molar-refractivity contribution < 1.29 is 0 Å². The molecule has 0 aromatic carbocycles. The topological polar surface area (TPSA) is 37.0 Å². The van der Waals surface area contributed by atoms with E-state index in [9.17, 15) is 0 Å². The molecule has 3 heteroatoms. The fourth-order valence-corrected chi connectivity index (χ4v) is 2.04. The summed E-state index contributed by atoms with van der Waals surface area (Å²) >= 11 is 0. The van der Waals surface area contributed by atoms with Crippen molar-refractivity contribution in [3.63, 3.8) is 0 Å². The minimum absolute atomic E-state index is 0.612. The zero-order valence-corrected chi connectivity index (χ0v) is 9.29. The van der Waals surface area contributed by atoms with E-state index in [0.717, 1.165) is 19.5 Å². The Morgan fingerprint density at radius 2 is 2.27 bits per heavy atom. The number of pyridine rings is 1. The van der Waals surface area contributed by atoms with Crippen molar-refractivity contribution in [2.75, 3.05) is 18.4 Å². The summed E-state index contributed by atoms with van der Waals surface area (Å²) in [5.41, 5.74) is 2.39. The van der Waals surface area contributed by atoms with Crippen LogP contribution < -0.4 is 10.6 Å². The molecule has 3 nitrogen and oxygen atoms in total. The summed E-state index contributed by atoms with van der Waals surface area (Å²) in [7, 11) is 0. The van der Waals surface area contributed by atoms with Crippen molar-refractivity contribution in [3.8, 4) is 0 Å². The second-order valence-corrected chi connectivity index (χ2v) is 4.02. The highest BCUT2D eigenvalue weighted by atomic mass is 15.0. The van der Waals surface area contributed by atoms with Crippen LogP contribution in [0.1, 0.15) is 25.5 Å². The molecule has 2 rings (SSSR count). The highest BCUT2D eigenvalue weighted by Crippen LogP contribution is 2.16. The Morgan fingerprint density at radius 3 is 3.00 bits per heavy atom. The van der Waals surface area contributed by atoms with Crippen LogP contribution in [0.5, 0.6) is 0 Å². The van der Waals surface area contributed by atoms with Gasteiger partial charge in [0.25, 0.3) is 0 Å². The third kappa shape index (κ3) is 2.69. The lowest BCUT2D eigenvalue weighted by Crippen LogP contribution is -2.35. The van der Waals surface area contributed by atoms with Crippen molar-refractivity contribution in [1.29, 1.82) is 0 Å². The van der Waals surface area contributed by atoms with E-state index in [0.29, 0.717) is 6.04 Å². The van der Waals surface area contributed by atoms with Crippen LogP contribution in [0, 0.1) is 0 Å². The summed E-state index contributed by atoms with van der Waals surface area (Å²) in [4.78, 5) is 4.38. The normalized spacial score (nSPS) is 17.7. The third-order valence-corrected chi connectivity index (χ3v) is 2.92. The van der Waals surface area contributed by atoms with E-state index in [1.165, 1.54) is 24.2 Å². The third-order valence-electron chi connectivity index (χ3n) is 2.92. The van der Waals surface area contributed by atoms with Crippen LogP contribution in [0.3, 0.4) is 0 Å². The fourth-order valence-electron chi connectivity index (χ4n) is 2.04. The van der Waals surface area contributed by atoms with E-state index in [1.54, 1.807) is 0 Å². The van der Waals surface area contributed by atoms with Crippen LogP contribution in [-0.4, -0.2) is 24.1 Å². The predicted octanol–water partition coefficient (Wildman–Crippen LogP) is 1.81. The van der Waals surface area contributed by atoms with Crippen LogP contribution in [0.4, 0.5) is 5.69 Å². The maximum absolute atomic E-state index is 4.38. The molecule has 1 aromatic rings. The summed E-state index contributed by atoms with van der Waals surface area (Å²) in [5.74, 6) is 0. The fraction of sp³-hybridized carbons (Fsp3) is 0.583. The second-order valence-electron chi connectivity index (χ2n) is 4.02. The maximum Gasteiger partial charge on any atom is 0.0631 e. The summed E-state index contributed by atoms with van der Waals surface area (Å²) in [6.45, 7) is 4.40. The molecule has 82 valence electrons. The number of nitrogens with one attached hydrogen (secondary N) is 2. The molecule has 0 unspecified atom stereocenters. The Hall–Kier alpha value is -1.09. The molecule has 0 amide bonds. The summed E-state index contributed by atoms with van der Waals surface area (Å²) < 4.78 is 0. The smallest absolute Gasteiger partial charge is 0.0631 e. The largest absolute Gasteiger partial charge is 0.381 e. The quantitative estimate of drug-likeness (QED) is 0.790. The van der Waals surface area contributed by atoms with Gasteiger partial charge in [0.15, 0.2) is 0 Å². The molecule has 2 heterocycles. The number of anilines is 1. The van der Waals surface area contributed by atoms with Crippen LogP contribution in [0.25, 0.3) is 0 Å². The van der Waals surface area contributed by atoms with Gasteiger partial charge in [-0.2, -0.15) is 0 Å². The summed E-state index contributed by atoms with van der Waals surface area (Å²) in [6, 6.07) is 4.75. The van der Waals surface area contributed by atoms with E-state index in [4.69, 9.17) is 0 Å². The molecular formula is C12H19N3. The highest BCUT2D eigenvalue weighted by molar-refractivity contribution is 5.48. The van der Waals surface area contributed by atoms with Crippen molar-refractivity contribution in [2.45, 2.75) is 32.2 Å². The standard InChI is InChI=1S/C12H19N3/c1-2-11-12(4-3-7-14-11)15-10-5-8-13-9-6-10/h3-4,7,10,13,15H,2,5-6,8-9H2,1H3. The van der Waals surface area contributed by atoms with Crippen molar-refractivity contribution in [2.24, 2.45) is 0 Å². The molecule has 1 aliphatic heterocycles.